The van der Waals surface area contributed by atoms with Crippen LogP contribution in [0.15, 0.2) is 60.7 Å². The Morgan fingerprint density at radius 1 is 0.676 bits per heavy atom. The molecule has 0 aliphatic heterocycles. The van der Waals surface area contributed by atoms with E-state index in [2.05, 4.69) is 116 Å². The van der Waals surface area contributed by atoms with E-state index >= 15 is 0 Å². The van der Waals surface area contributed by atoms with Gasteiger partial charge in [-0.05, 0) is 79.6 Å². The molecule has 6 rings (SSSR count). The van der Waals surface area contributed by atoms with Gasteiger partial charge in [-0.15, -0.1) is 0 Å². The number of benzene rings is 4. The van der Waals surface area contributed by atoms with E-state index < -0.39 is 0 Å². The highest BCUT2D eigenvalue weighted by molar-refractivity contribution is 6.09. The topological polar surface area (TPSA) is 0 Å². The molecule has 0 unspecified atom stereocenters. The van der Waals surface area contributed by atoms with Crippen LogP contribution in [-0.2, 0) is 22.7 Å². The summed E-state index contributed by atoms with van der Waals surface area (Å²) in [6.45, 7) is 18.8. The minimum atomic E-state index is -0.00666. The van der Waals surface area contributed by atoms with Crippen LogP contribution in [0.2, 0.25) is 0 Å². The van der Waals surface area contributed by atoms with E-state index in [1.807, 2.05) is 0 Å². The highest BCUT2D eigenvalue weighted by Gasteiger charge is 2.45. The Kier molecular flexibility index (Phi) is 4.22. The van der Waals surface area contributed by atoms with Crippen LogP contribution in [-0.4, -0.2) is 0 Å². The number of hydrogen-bond donors (Lipinski definition) is 0. The largest absolute Gasteiger partial charge is 0.0613 e. The zero-order valence-electron chi connectivity index (χ0n) is 22.0. The van der Waals surface area contributed by atoms with Crippen molar-refractivity contribution in [2.45, 2.75) is 78.1 Å². The van der Waals surface area contributed by atoms with Gasteiger partial charge < -0.3 is 0 Å². The highest BCUT2D eigenvalue weighted by atomic mass is 14.5. The first kappa shape index (κ1) is 21.7. The van der Waals surface area contributed by atoms with E-state index in [1.165, 1.54) is 66.4 Å². The molecule has 2 aliphatic rings. The fraction of sp³-hybridized carbons (Fsp3) is 0.353. The molecule has 4 aromatic carbocycles. The van der Waals surface area contributed by atoms with Crippen molar-refractivity contribution in [1.29, 1.82) is 0 Å². The summed E-state index contributed by atoms with van der Waals surface area (Å²) >= 11 is 0. The van der Waals surface area contributed by atoms with Gasteiger partial charge in [0.25, 0.3) is 0 Å². The van der Waals surface area contributed by atoms with Crippen molar-refractivity contribution in [3.63, 3.8) is 0 Å². The van der Waals surface area contributed by atoms with E-state index in [0.29, 0.717) is 0 Å². The maximum atomic E-state index is 2.54. The molecule has 0 nitrogen and oxygen atoms in total. The Bertz CT molecular complexity index is 1480. The lowest BCUT2D eigenvalue weighted by molar-refractivity contribution is 0.590. The third-order valence-corrected chi connectivity index (χ3v) is 8.69. The summed E-state index contributed by atoms with van der Waals surface area (Å²) in [5.41, 5.74) is 14.8. The quantitative estimate of drug-likeness (QED) is 0.289. The number of aryl methyl sites for hydroxylation is 1. The Balaban J connectivity index is 1.63. The summed E-state index contributed by atoms with van der Waals surface area (Å²) in [5, 5.41) is 2.92. The molecule has 0 aromatic heterocycles. The molecule has 0 spiro atoms. The third kappa shape index (κ3) is 2.78. The van der Waals surface area contributed by atoms with Crippen LogP contribution in [0.3, 0.4) is 0 Å². The molecular weight excluding hydrogens is 408 g/mol. The first-order valence-corrected chi connectivity index (χ1v) is 12.8. The molecule has 0 radical (unpaired) electrons. The second-order valence-corrected chi connectivity index (χ2v) is 12.8. The number of hydrogen-bond acceptors (Lipinski definition) is 0. The highest BCUT2D eigenvalue weighted by Crippen LogP contribution is 2.60. The Hall–Kier alpha value is -2.86. The maximum Gasteiger partial charge on any atom is 0.0159 e. The van der Waals surface area contributed by atoms with Gasteiger partial charge in [0.05, 0.1) is 0 Å². The van der Waals surface area contributed by atoms with Gasteiger partial charge in [0.2, 0.25) is 0 Å². The van der Waals surface area contributed by atoms with Crippen molar-refractivity contribution in [2.24, 2.45) is 0 Å². The minimum Gasteiger partial charge on any atom is -0.0613 e. The van der Waals surface area contributed by atoms with Gasteiger partial charge in [-0.1, -0.05) is 115 Å². The predicted octanol–water partition coefficient (Wildman–Crippen LogP) is 8.98. The van der Waals surface area contributed by atoms with Gasteiger partial charge in [0.15, 0.2) is 0 Å². The minimum absolute atomic E-state index is 0.00666. The first-order valence-electron chi connectivity index (χ1n) is 12.8. The van der Waals surface area contributed by atoms with Gasteiger partial charge >= 0.3 is 0 Å². The lowest BCUT2D eigenvalue weighted by atomic mass is 9.68. The van der Waals surface area contributed by atoms with Crippen LogP contribution in [0.1, 0.15) is 93.0 Å². The first-order chi connectivity index (χ1) is 15.9. The maximum absolute atomic E-state index is 2.54. The Morgan fingerprint density at radius 3 is 1.88 bits per heavy atom. The summed E-state index contributed by atoms with van der Waals surface area (Å²) in [4.78, 5) is 0. The van der Waals surface area contributed by atoms with Crippen LogP contribution in [0.5, 0.6) is 0 Å². The van der Waals surface area contributed by atoms with Crippen molar-refractivity contribution in [1.82, 2.24) is 0 Å². The molecule has 0 fully saturated rings. The van der Waals surface area contributed by atoms with E-state index in [9.17, 15) is 0 Å². The molecule has 0 bridgehead atoms. The van der Waals surface area contributed by atoms with Crippen LogP contribution >= 0.6 is 0 Å². The lowest BCUT2D eigenvalue weighted by Crippen LogP contribution is -2.24. The standard InChI is InChI=1S/C34H36/c1-20-16-26-30-27(17-20)34(7,8)28-19-22(18-21-12-14-23(15-13-21)32(2,3)4)24-10-9-11-25(33(26,5)6)29(24)31(28)30/h9-17,19H,18H2,1-8H3. The molecular formula is C34H36. The molecule has 0 heterocycles. The SMILES string of the molecule is Cc1cc2c3c(c1)C(C)(C)c1cccc4c(Cc5ccc(C(C)(C)C)cc5)cc(c-3c14)C2(C)C. The zero-order valence-corrected chi connectivity index (χ0v) is 22.0. The van der Waals surface area contributed by atoms with Gasteiger partial charge in [0.1, 0.15) is 0 Å². The predicted molar refractivity (Wildman–Crippen MR) is 146 cm³/mol. The second-order valence-electron chi connectivity index (χ2n) is 12.8. The summed E-state index contributed by atoms with van der Waals surface area (Å²) in [7, 11) is 0. The summed E-state index contributed by atoms with van der Waals surface area (Å²) in [6.07, 6.45) is 0.969. The summed E-state index contributed by atoms with van der Waals surface area (Å²) in [6, 6.07) is 23.7. The van der Waals surface area contributed by atoms with E-state index in [4.69, 9.17) is 0 Å². The van der Waals surface area contributed by atoms with Crippen molar-refractivity contribution in [3.8, 4) is 11.1 Å². The van der Waals surface area contributed by atoms with E-state index in [0.717, 1.165) is 6.42 Å². The summed E-state index contributed by atoms with van der Waals surface area (Å²) in [5.74, 6) is 0. The normalized spacial score (nSPS) is 16.8. The Labute approximate surface area is 205 Å². The molecule has 4 aromatic rings. The Morgan fingerprint density at radius 2 is 1.26 bits per heavy atom. The van der Waals surface area contributed by atoms with Gasteiger partial charge in [-0.3, -0.25) is 0 Å². The molecule has 0 amide bonds. The molecule has 34 heavy (non-hydrogen) atoms. The monoisotopic (exact) mass is 444 g/mol. The van der Waals surface area contributed by atoms with Crippen molar-refractivity contribution in [3.05, 3.63) is 105 Å². The smallest absolute Gasteiger partial charge is 0.0159 e. The fourth-order valence-corrected chi connectivity index (χ4v) is 6.64. The molecule has 2 aliphatic carbocycles. The second kappa shape index (κ2) is 6.63. The van der Waals surface area contributed by atoms with Crippen LogP contribution in [0, 0.1) is 6.92 Å². The van der Waals surface area contributed by atoms with Crippen molar-refractivity contribution < 1.29 is 0 Å². The molecule has 0 saturated heterocycles. The summed E-state index contributed by atoms with van der Waals surface area (Å²) < 4.78 is 0. The van der Waals surface area contributed by atoms with Crippen LogP contribution in [0.25, 0.3) is 21.9 Å². The average Bonchev–Trinajstić information content (AvgIpc) is 2.99. The van der Waals surface area contributed by atoms with Gasteiger partial charge in [-0.2, -0.15) is 0 Å². The number of rotatable bonds is 2. The van der Waals surface area contributed by atoms with E-state index in [1.54, 1.807) is 0 Å². The zero-order chi connectivity index (χ0) is 24.2. The third-order valence-electron chi connectivity index (χ3n) is 8.69. The van der Waals surface area contributed by atoms with Gasteiger partial charge in [0, 0.05) is 10.8 Å². The molecule has 0 heteroatoms. The van der Waals surface area contributed by atoms with Crippen LogP contribution < -0.4 is 0 Å². The molecule has 0 N–H and O–H groups in total. The van der Waals surface area contributed by atoms with E-state index in [-0.39, 0.29) is 16.2 Å². The molecule has 0 saturated carbocycles. The molecule has 172 valence electrons. The van der Waals surface area contributed by atoms with Crippen molar-refractivity contribution in [2.75, 3.05) is 0 Å². The van der Waals surface area contributed by atoms with Crippen LogP contribution in [0.4, 0.5) is 0 Å². The van der Waals surface area contributed by atoms with Crippen molar-refractivity contribution >= 4 is 10.8 Å². The molecule has 0 atom stereocenters. The fourth-order valence-electron chi connectivity index (χ4n) is 6.64. The lowest BCUT2D eigenvalue weighted by Gasteiger charge is -2.35. The van der Waals surface area contributed by atoms with Gasteiger partial charge in [-0.25, -0.2) is 0 Å². The average molecular weight is 445 g/mol.